The van der Waals surface area contributed by atoms with E-state index in [-0.39, 0.29) is 16.1 Å². The van der Waals surface area contributed by atoms with Crippen molar-refractivity contribution in [3.63, 3.8) is 0 Å². The quantitative estimate of drug-likeness (QED) is 0.316. The van der Waals surface area contributed by atoms with Crippen LogP contribution in [0.4, 0.5) is 24.5 Å². The Labute approximate surface area is 224 Å². The molecule has 0 bridgehead atoms. The summed E-state index contributed by atoms with van der Waals surface area (Å²) in [7, 11) is -3.88. The van der Waals surface area contributed by atoms with E-state index in [4.69, 9.17) is 9.90 Å². The fourth-order valence-corrected chi connectivity index (χ4v) is 5.52. The van der Waals surface area contributed by atoms with Crippen molar-refractivity contribution >= 4 is 33.3 Å². The topological polar surface area (TPSA) is 124 Å². The van der Waals surface area contributed by atoms with E-state index in [0.29, 0.717) is 29.9 Å². The number of sulfonamides is 1. The van der Waals surface area contributed by atoms with Crippen molar-refractivity contribution in [2.24, 2.45) is 0 Å². The third kappa shape index (κ3) is 8.47. The van der Waals surface area contributed by atoms with Crippen molar-refractivity contribution in [2.75, 3.05) is 16.2 Å². The molecule has 3 aromatic rings. The van der Waals surface area contributed by atoms with Gasteiger partial charge in [-0.05, 0) is 62.6 Å². The number of halogens is 3. The van der Waals surface area contributed by atoms with Crippen molar-refractivity contribution < 1.29 is 41.4 Å². The molecule has 0 saturated carbocycles. The molecule has 0 aliphatic carbocycles. The van der Waals surface area contributed by atoms with E-state index in [0.717, 1.165) is 11.1 Å². The standard InChI is InChI=1S/C25H28N2O4S.C2HF3O2/c1-5-27(16-20-9-7-6-8-10-20)23-12-11-21(15-22(23)25(28)29)26-32(30,31)24-18(3)13-17(2)14-19(24)4;3-2(4,5)1(6)7/h6-15,26H,5,16H2,1-4H3,(H,28,29);(H,6,7). The van der Waals surface area contributed by atoms with Crippen molar-refractivity contribution in [1.29, 1.82) is 0 Å². The molecule has 0 fully saturated rings. The van der Waals surface area contributed by atoms with Gasteiger partial charge in [0.05, 0.1) is 16.1 Å². The fourth-order valence-electron chi connectivity index (χ4n) is 4.01. The maximum absolute atomic E-state index is 13.1. The first-order valence-electron chi connectivity index (χ1n) is 11.6. The Morgan fingerprint density at radius 3 is 1.92 bits per heavy atom. The molecule has 0 saturated heterocycles. The molecule has 0 spiro atoms. The summed E-state index contributed by atoms with van der Waals surface area (Å²) in [6, 6.07) is 18.0. The highest BCUT2D eigenvalue weighted by Gasteiger charge is 2.38. The first kappa shape index (κ1) is 31.2. The number of benzene rings is 3. The predicted molar refractivity (Wildman–Crippen MR) is 142 cm³/mol. The van der Waals surface area contributed by atoms with E-state index < -0.39 is 28.1 Å². The van der Waals surface area contributed by atoms with Crippen LogP contribution in [0.5, 0.6) is 0 Å². The van der Waals surface area contributed by atoms with E-state index in [1.807, 2.05) is 61.2 Å². The number of anilines is 2. The van der Waals surface area contributed by atoms with Gasteiger partial charge in [0, 0.05) is 18.8 Å². The number of aliphatic carboxylic acids is 1. The molecule has 3 N–H and O–H groups in total. The van der Waals surface area contributed by atoms with Crippen LogP contribution in [0.1, 0.15) is 39.5 Å². The van der Waals surface area contributed by atoms with E-state index in [1.165, 1.54) is 6.07 Å². The second-order valence-corrected chi connectivity index (χ2v) is 10.3. The zero-order valence-electron chi connectivity index (χ0n) is 21.7. The zero-order valence-corrected chi connectivity index (χ0v) is 22.5. The molecule has 0 aliphatic rings. The summed E-state index contributed by atoms with van der Waals surface area (Å²) in [5.41, 5.74) is 4.11. The van der Waals surface area contributed by atoms with Gasteiger partial charge in [0.25, 0.3) is 10.0 Å². The number of rotatable bonds is 8. The molecule has 0 aromatic heterocycles. The summed E-state index contributed by atoms with van der Waals surface area (Å²) in [5, 5.41) is 17.0. The van der Waals surface area contributed by atoms with Crippen molar-refractivity contribution in [1.82, 2.24) is 0 Å². The second-order valence-electron chi connectivity index (χ2n) is 8.67. The average Bonchev–Trinajstić information content (AvgIpc) is 2.82. The number of aromatic carboxylic acids is 1. The van der Waals surface area contributed by atoms with Gasteiger partial charge < -0.3 is 15.1 Å². The molecule has 8 nitrogen and oxygen atoms in total. The summed E-state index contributed by atoms with van der Waals surface area (Å²) >= 11 is 0. The Bertz CT molecular complexity index is 1420. The lowest BCUT2D eigenvalue weighted by atomic mass is 10.1. The van der Waals surface area contributed by atoms with Crippen LogP contribution in [0.25, 0.3) is 0 Å². The Morgan fingerprint density at radius 2 is 1.46 bits per heavy atom. The fraction of sp³-hybridized carbons (Fsp3) is 0.259. The molecule has 12 heteroatoms. The van der Waals surface area contributed by atoms with Crippen LogP contribution < -0.4 is 9.62 Å². The number of carbonyl (C=O) groups is 2. The van der Waals surface area contributed by atoms with E-state index in [2.05, 4.69) is 4.72 Å². The van der Waals surface area contributed by atoms with Crippen LogP contribution >= 0.6 is 0 Å². The first-order chi connectivity index (χ1) is 18.1. The third-order valence-corrected chi connectivity index (χ3v) is 7.22. The van der Waals surface area contributed by atoms with Gasteiger partial charge in [0.15, 0.2) is 0 Å². The van der Waals surface area contributed by atoms with Crippen LogP contribution in [0.2, 0.25) is 0 Å². The SMILES string of the molecule is CCN(Cc1ccccc1)c1ccc(NS(=O)(=O)c2c(C)cc(C)cc2C)cc1C(=O)O.O=C(O)C(F)(F)F. The summed E-state index contributed by atoms with van der Waals surface area (Å²) in [5.74, 6) is -3.87. The summed E-state index contributed by atoms with van der Waals surface area (Å²) in [6.07, 6.45) is -5.08. The van der Waals surface area contributed by atoms with Crippen LogP contribution in [-0.4, -0.2) is 43.3 Å². The lowest BCUT2D eigenvalue weighted by Gasteiger charge is -2.25. The minimum absolute atomic E-state index is 0.0420. The highest BCUT2D eigenvalue weighted by molar-refractivity contribution is 7.92. The highest BCUT2D eigenvalue weighted by atomic mass is 32.2. The number of carboxylic acids is 2. The van der Waals surface area contributed by atoms with Gasteiger partial charge in [0.2, 0.25) is 0 Å². The lowest BCUT2D eigenvalue weighted by molar-refractivity contribution is -0.192. The summed E-state index contributed by atoms with van der Waals surface area (Å²) in [4.78, 5) is 23.1. The molecule has 0 atom stereocenters. The monoisotopic (exact) mass is 566 g/mol. The predicted octanol–water partition coefficient (Wildman–Crippen LogP) is 5.77. The van der Waals surface area contributed by atoms with Crippen LogP contribution in [-0.2, 0) is 21.4 Å². The normalized spacial score (nSPS) is 11.3. The second kappa shape index (κ2) is 12.7. The maximum Gasteiger partial charge on any atom is 0.490 e. The van der Waals surface area contributed by atoms with E-state index in [1.54, 1.807) is 26.0 Å². The Hall–Kier alpha value is -4.06. The van der Waals surface area contributed by atoms with Gasteiger partial charge in [-0.3, -0.25) is 4.72 Å². The highest BCUT2D eigenvalue weighted by Crippen LogP contribution is 2.29. The molecule has 0 heterocycles. The Kier molecular flexibility index (Phi) is 10.1. The van der Waals surface area contributed by atoms with Crippen molar-refractivity contribution in [2.45, 2.75) is 45.3 Å². The van der Waals surface area contributed by atoms with Gasteiger partial charge in [-0.2, -0.15) is 13.2 Å². The van der Waals surface area contributed by atoms with Crippen molar-refractivity contribution in [3.05, 3.63) is 88.5 Å². The third-order valence-electron chi connectivity index (χ3n) is 5.53. The molecule has 39 heavy (non-hydrogen) atoms. The smallest absolute Gasteiger partial charge is 0.478 e. The minimum atomic E-state index is -5.08. The number of nitrogens with one attached hydrogen (secondary N) is 1. The lowest BCUT2D eigenvalue weighted by Crippen LogP contribution is -2.24. The van der Waals surface area contributed by atoms with Gasteiger partial charge in [0.1, 0.15) is 0 Å². The Balaban J connectivity index is 0.000000673. The average molecular weight is 567 g/mol. The first-order valence-corrected chi connectivity index (χ1v) is 13.1. The van der Waals surface area contributed by atoms with Gasteiger partial charge in [-0.25, -0.2) is 18.0 Å². The molecule has 210 valence electrons. The van der Waals surface area contributed by atoms with E-state index >= 15 is 0 Å². The number of alkyl halides is 3. The molecule has 3 aromatic carbocycles. The summed E-state index contributed by atoms with van der Waals surface area (Å²) in [6.45, 7) is 8.52. The molecule has 0 aliphatic heterocycles. The number of aryl methyl sites for hydroxylation is 3. The van der Waals surface area contributed by atoms with Gasteiger partial charge in [-0.1, -0.05) is 48.0 Å². The van der Waals surface area contributed by atoms with E-state index in [9.17, 15) is 31.5 Å². The number of carboxylic acid groups (broad SMARTS) is 2. The molecule has 0 unspecified atom stereocenters. The zero-order chi connectivity index (χ0) is 29.5. The molecule has 0 radical (unpaired) electrons. The molecular weight excluding hydrogens is 537 g/mol. The largest absolute Gasteiger partial charge is 0.490 e. The van der Waals surface area contributed by atoms with Crippen LogP contribution in [0.3, 0.4) is 0 Å². The number of hydrogen-bond donors (Lipinski definition) is 3. The van der Waals surface area contributed by atoms with Gasteiger partial charge in [-0.15, -0.1) is 0 Å². The molecule has 0 amide bonds. The molecular formula is C27H29F3N2O6S. The molecule has 3 rings (SSSR count). The maximum atomic E-state index is 13.1. The Morgan fingerprint density at radius 1 is 0.923 bits per heavy atom. The van der Waals surface area contributed by atoms with Gasteiger partial charge >= 0.3 is 18.1 Å². The van der Waals surface area contributed by atoms with Crippen molar-refractivity contribution in [3.8, 4) is 0 Å². The van der Waals surface area contributed by atoms with Crippen LogP contribution in [0.15, 0.2) is 65.6 Å². The minimum Gasteiger partial charge on any atom is -0.478 e. The summed E-state index contributed by atoms with van der Waals surface area (Å²) < 4.78 is 60.5. The van der Waals surface area contributed by atoms with Crippen LogP contribution in [0, 0.1) is 20.8 Å². The number of nitrogens with zero attached hydrogens (tertiary/aromatic N) is 1. The number of hydrogen-bond acceptors (Lipinski definition) is 5.